The van der Waals surface area contributed by atoms with E-state index >= 15 is 0 Å². The van der Waals surface area contributed by atoms with E-state index in [1.165, 1.54) is 36.4 Å². The van der Waals surface area contributed by atoms with Crippen LogP contribution in [-0.2, 0) is 17.1 Å². The topological polar surface area (TPSA) is 66.2 Å². The second kappa shape index (κ2) is 18.9. The summed E-state index contributed by atoms with van der Waals surface area (Å²) in [5.41, 5.74) is 0. The third-order valence-corrected chi connectivity index (χ3v) is 11.6. The molecule has 0 aromatic heterocycles. The fourth-order valence-corrected chi connectivity index (χ4v) is 9.27. The molecule has 0 aliphatic rings. The van der Waals surface area contributed by atoms with Crippen molar-refractivity contribution in [1.82, 2.24) is 0 Å². The summed E-state index contributed by atoms with van der Waals surface area (Å²) in [6.07, 6.45) is 0. The number of hydrogen-bond donors (Lipinski definition) is 0. The van der Waals surface area contributed by atoms with Gasteiger partial charge in [0.25, 0.3) is 0 Å². The van der Waals surface area contributed by atoms with Gasteiger partial charge in [-0.1, -0.05) is 109 Å². The molecule has 0 amide bonds. The minimum absolute atomic E-state index is 0. The van der Waals surface area contributed by atoms with Crippen LogP contribution in [0.2, 0.25) is 0 Å². The summed E-state index contributed by atoms with van der Waals surface area (Å²) in [4.78, 5) is 8.25. The Labute approximate surface area is 291 Å². The van der Waals surface area contributed by atoms with Gasteiger partial charge in [-0.3, -0.25) is 0 Å². The molecule has 13 heteroatoms. The van der Waals surface area contributed by atoms with Crippen LogP contribution < -0.4 is 31.8 Å². The van der Waals surface area contributed by atoms with Crippen LogP contribution >= 0.6 is 15.8 Å². The molecule has 0 unspecified atom stereocenters. The number of rotatable bonds is 6. The van der Waals surface area contributed by atoms with Crippen LogP contribution in [0.4, 0.5) is 26.3 Å². The van der Waals surface area contributed by atoms with E-state index in [-0.39, 0.29) is 17.1 Å². The molecule has 0 radical (unpaired) electrons. The van der Waals surface area contributed by atoms with Gasteiger partial charge in [0, 0.05) is 31.8 Å². The first-order valence-electron chi connectivity index (χ1n) is 14.0. The quantitative estimate of drug-likeness (QED) is 0.0582. The molecule has 0 heterocycles. The predicted molar refractivity (Wildman–Crippen MR) is 180 cm³/mol. The summed E-state index contributed by atoms with van der Waals surface area (Å²) in [6.45, 7) is 0. The Morgan fingerprint density at radius 1 is 0.347 bits per heavy atom. The van der Waals surface area contributed by atoms with Gasteiger partial charge >= 0.3 is 17.1 Å². The van der Waals surface area contributed by atoms with E-state index < -0.39 is 55.8 Å². The first-order valence-corrected chi connectivity index (χ1v) is 16.7. The van der Waals surface area contributed by atoms with Crippen molar-refractivity contribution < 1.29 is 48.5 Å². The predicted octanol–water partition coefficient (Wildman–Crippen LogP) is 7.48. The van der Waals surface area contributed by atoms with Gasteiger partial charge in [0.1, 0.15) is 34.9 Å². The van der Waals surface area contributed by atoms with Crippen molar-refractivity contribution in [2.24, 2.45) is 0 Å². The van der Waals surface area contributed by atoms with Gasteiger partial charge < -0.3 is 15.3 Å². The molecule has 0 saturated heterocycles. The Kier molecular flexibility index (Phi) is 15.0. The maximum Gasteiger partial charge on any atom is 1.00 e. The first-order chi connectivity index (χ1) is 23.1. The molecule has 6 rings (SSSR count). The van der Waals surface area contributed by atoms with Crippen LogP contribution in [-0.4, -0.2) is 5.09 Å². The van der Waals surface area contributed by atoms with E-state index in [4.69, 9.17) is 15.3 Å². The van der Waals surface area contributed by atoms with Crippen molar-refractivity contribution >= 4 is 47.7 Å². The molecular formula is C36H24CuF6NO3P2. The Balaban J connectivity index is 0.000000235. The van der Waals surface area contributed by atoms with Gasteiger partial charge in [0.05, 0.1) is 5.09 Å². The van der Waals surface area contributed by atoms with Crippen molar-refractivity contribution in [2.45, 2.75) is 0 Å². The standard InChI is InChI=1S/2C18H12F3P.Cu.NO3/c2*19-13-7-1-4-10-16(13)22(17-11-5-2-8-14(17)20)18-12-6-3-9-15(18)21;;2-1(3)4/h2*1-12H;;/q;;+1;-1. The maximum absolute atomic E-state index is 14.2. The summed E-state index contributed by atoms with van der Waals surface area (Å²) in [5.74, 6) is -2.75. The molecule has 0 atom stereocenters. The number of halogens is 6. The van der Waals surface area contributed by atoms with Crippen molar-refractivity contribution in [2.75, 3.05) is 0 Å². The molecule has 0 N–H and O–H groups in total. The summed E-state index contributed by atoms with van der Waals surface area (Å²) < 4.78 is 85.5. The molecule has 6 aromatic carbocycles. The van der Waals surface area contributed by atoms with E-state index in [0.29, 0.717) is 31.8 Å². The molecule has 0 spiro atoms. The number of hydrogen-bond acceptors (Lipinski definition) is 3. The largest absolute Gasteiger partial charge is 1.00 e. The molecule has 6 aromatic rings. The smallest absolute Gasteiger partial charge is 0.356 e. The van der Waals surface area contributed by atoms with Crippen LogP contribution in [0.3, 0.4) is 0 Å². The molecular weight excluding hydrogens is 734 g/mol. The van der Waals surface area contributed by atoms with Crippen molar-refractivity contribution in [3.05, 3.63) is 196 Å². The van der Waals surface area contributed by atoms with Crippen LogP contribution in [0, 0.1) is 50.2 Å². The number of nitrogens with zero attached hydrogens (tertiary/aromatic N) is 1. The van der Waals surface area contributed by atoms with Crippen molar-refractivity contribution in [3.63, 3.8) is 0 Å². The summed E-state index contributed by atoms with van der Waals surface area (Å²) >= 11 is 0. The zero-order valence-electron chi connectivity index (χ0n) is 25.0. The average Bonchev–Trinajstić information content (AvgIpc) is 3.06. The van der Waals surface area contributed by atoms with E-state index in [1.54, 1.807) is 109 Å². The molecule has 49 heavy (non-hydrogen) atoms. The molecule has 0 fully saturated rings. The SMILES string of the molecule is Fc1ccccc1P(c1ccccc1F)c1ccccc1F.Fc1ccccc1P(c1ccccc1F)c1ccccc1F.O=[N+]([O-])[O-].[Cu+]. The Morgan fingerprint density at radius 3 is 0.592 bits per heavy atom. The minimum atomic E-state index is -1.75. The van der Waals surface area contributed by atoms with E-state index in [2.05, 4.69) is 0 Å². The van der Waals surface area contributed by atoms with Gasteiger partial charge in [-0.15, -0.1) is 0 Å². The minimum Gasteiger partial charge on any atom is -0.356 e. The molecule has 0 aliphatic carbocycles. The number of benzene rings is 6. The van der Waals surface area contributed by atoms with Crippen molar-refractivity contribution in [3.8, 4) is 0 Å². The molecule has 4 nitrogen and oxygen atoms in total. The van der Waals surface area contributed by atoms with Gasteiger partial charge in [-0.25, -0.2) is 26.3 Å². The molecule has 0 aliphatic heterocycles. The first kappa shape index (κ1) is 38.9. The molecule has 254 valence electrons. The van der Waals surface area contributed by atoms with Crippen molar-refractivity contribution in [1.29, 1.82) is 0 Å². The monoisotopic (exact) mass is 757 g/mol. The average molecular weight is 758 g/mol. The van der Waals surface area contributed by atoms with Crippen LogP contribution in [0.25, 0.3) is 0 Å². The third-order valence-electron chi connectivity index (χ3n) is 6.56. The van der Waals surface area contributed by atoms with E-state index in [1.807, 2.05) is 0 Å². The van der Waals surface area contributed by atoms with E-state index in [9.17, 15) is 26.3 Å². The third kappa shape index (κ3) is 10.2. The normalized spacial score (nSPS) is 10.3. The molecule has 0 saturated carbocycles. The van der Waals surface area contributed by atoms with Gasteiger partial charge in [-0.2, -0.15) is 0 Å². The van der Waals surface area contributed by atoms with Gasteiger partial charge in [0.15, 0.2) is 0 Å². The summed E-state index contributed by atoms with van der Waals surface area (Å²) in [6, 6.07) is 36.8. The zero-order valence-corrected chi connectivity index (χ0v) is 27.7. The Morgan fingerprint density at radius 2 is 0.469 bits per heavy atom. The summed E-state index contributed by atoms with van der Waals surface area (Å²) in [5, 5.41) is 16.6. The maximum atomic E-state index is 14.2. The van der Waals surface area contributed by atoms with Crippen LogP contribution in [0.1, 0.15) is 0 Å². The Bertz CT molecular complexity index is 1650. The fraction of sp³-hybridized carbons (Fsp3) is 0. The van der Waals surface area contributed by atoms with Crippen LogP contribution in [0.5, 0.6) is 0 Å². The molecule has 0 bridgehead atoms. The zero-order chi connectivity index (χ0) is 34.6. The second-order valence-corrected chi connectivity index (χ2v) is 13.8. The fourth-order valence-electron chi connectivity index (χ4n) is 4.58. The van der Waals surface area contributed by atoms with Gasteiger partial charge in [0.2, 0.25) is 0 Å². The van der Waals surface area contributed by atoms with Gasteiger partial charge in [-0.05, 0) is 52.2 Å². The second-order valence-electron chi connectivity index (χ2n) is 9.60. The Hall–Kier alpha value is -4.52. The summed E-state index contributed by atoms with van der Waals surface area (Å²) in [7, 11) is -3.27. The van der Waals surface area contributed by atoms with E-state index in [0.717, 1.165) is 0 Å². The van der Waals surface area contributed by atoms with Crippen LogP contribution in [0.15, 0.2) is 146 Å².